The highest BCUT2D eigenvalue weighted by Gasteiger charge is 2.13. The molecule has 0 rings (SSSR count). The average molecular weight is 777 g/mol. The number of ether oxygens (including phenoxy) is 2. The molecule has 0 aromatic heterocycles. The number of carbonyl (C=O) groups is 1. The molecule has 4 nitrogen and oxygen atoms in total. The van der Waals surface area contributed by atoms with E-state index >= 15 is 0 Å². The molecule has 0 aliphatic carbocycles. The van der Waals surface area contributed by atoms with Crippen LogP contribution in [-0.2, 0) is 14.3 Å². The van der Waals surface area contributed by atoms with Crippen molar-refractivity contribution in [2.45, 2.75) is 290 Å². The lowest BCUT2D eigenvalue weighted by atomic mass is 10.0. The van der Waals surface area contributed by atoms with Crippen molar-refractivity contribution in [3.63, 3.8) is 0 Å². The molecule has 55 heavy (non-hydrogen) atoms. The van der Waals surface area contributed by atoms with Gasteiger partial charge in [0.1, 0.15) is 6.10 Å². The fourth-order valence-electron chi connectivity index (χ4n) is 7.80. The minimum atomic E-state index is -0.529. The van der Waals surface area contributed by atoms with Crippen molar-refractivity contribution in [3.05, 3.63) is 12.2 Å². The van der Waals surface area contributed by atoms with Gasteiger partial charge >= 0.3 is 5.97 Å². The number of unbranched alkanes of at least 4 members (excludes halogenated alkanes) is 38. The Balaban J connectivity index is 3.35. The Morgan fingerprint density at radius 1 is 0.418 bits per heavy atom. The molecule has 328 valence electrons. The van der Waals surface area contributed by atoms with Gasteiger partial charge in [-0.2, -0.15) is 0 Å². The van der Waals surface area contributed by atoms with E-state index in [4.69, 9.17) is 9.47 Å². The number of allylic oxidation sites excluding steroid dienone is 2. The maximum absolute atomic E-state index is 12.3. The summed E-state index contributed by atoms with van der Waals surface area (Å²) >= 11 is 0. The first-order valence-electron chi connectivity index (χ1n) is 25.3. The SMILES string of the molecule is CCCCCCCCCC/C=C\CCCCCCCCCCCCOCC(CO)OC(=O)CCCCCCCCCCCCCCCCCCCCCCC. The Hall–Kier alpha value is -0.870. The van der Waals surface area contributed by atoms with Crippen molar-refractivity contribution in [1.29, 1.82) is 0 Å². The fraction of sp³-hybridized carbons (Fsp3) is 0.941. The van der Waals surface area contributed by atoms with Gasteiger partial charge in [-0.05, 0) is 38.5 Å². The van der Waals surface area contributed by atoms with Gasteiger partial charge in [-0.25, -0.2) is 0 Å². The van der Waals surface area contributed by atoms with Crippen molar-refractivity contribution in [2.75, 3.05) is 19.8 Å². The average Bonchev–Trinajstić information content (AvgIpc) is 3.19. The molecule has 0 amide bonds. The van der Waals surface area contributed by atoms with E-state index in [9.17, 15) is 9.90 Å². The number of hydrogen-bond donors (Lipinski definition) is 1. The van der Waals surface area contributed by atoms with Crippen LogP contribution in [0.3, 0.4) is 0 Å². The molecule has 0 saturated heterocycles. The third-order valence-electron chi connectivity index (χ3n) is 11.6. The van der Waals surface area contributed by atoms with Crippen LogP contribution in [0.1, 0.15) is 284 Å². The molecule has 0 radical (unpaired) electrons. The second-order valence-corrected chi connectivity index (χ2v) is 17.2. The summed E-state index contributed by atoms with van der Waals surface area (Å²) in [6, 6.07) is 0. The molecule has 0 aromatic carbocycles. The molecule has 0 aliphatic heterocycles. The van der Waals surface area contributed by atoms with Gasteiger partial charge in [0, 0.05) is 13.0 Å². The van der Waals surface area contributed by atoms with Gasteiger partial charge in [-0.1, -0.05) is 251 Å². The minimum absolute atomic E-state index is 0.166. The van der Waals surface area contributed by atoms with E-state index in [0.29, 0.717) is 19.6 Å². The minimum Gasteiger partial charge on any atom is -0.457 e. The number of rotatable bonds is 48. The standard InChI is InChI=1S/C51H100O4/c1-3-5-7-9-11-13-15-17-19-21-23-25-27-29-31-33-35-37-39-41-43-45-47-54-49-50(48-52)55-51(53)46-44-42-40-38-36-34-32-30-28-26-24-22-20-18-16-14-12-10-8-6-4-2/h21,23,50,52H,3-20,22,24-49H2,1-2H3/b23-21-. The van der Waals surface area contributed by atoms with Gasteiger partial charge in [0.2, 0.25) is 0 Å². The van der Waals surface area contributed by atoms with E-state index in [2.05, 4.69) is 26.0 Å². The van der Waals surface area contributed by atoms with Crippen LogP contribution in [0.15, 0.2) is 12.2 Å². The largest absolute Gasteiger partial charge is 0.457 e. The molecule has 0 fully saturated rings. The van der Waals surface area contributed by atoms with Crippen molar-refractivity contribution in [1.82, 2.24) is 0 Å². The van der Waals surface area contributed by atoms with Gasteiger partial charge in [-0.3, -0.25) is 4.79 Å². The van der Waals surface area contributed by atoms with Crippen LogP contribution >= 0.6 is 0 Å². The number of aliphatic hydroxyl groups excluding tert-OH is 1. The maximum atomic E-state index is 12.3. The van der Waals surface area contributed by atoms with E-state index in [1.54, 1.807) is 0 Å². The lowest BCUT2D eigenvalue weighted by molar-refractivity contribution is -0.154. The van der Waals surface area contributed by atoms with E-state index in [-0.39, 0.29) is 12.6 Å². The van der Waals surface area contributed by atoms with E-state index < -0.39 is 6.10 Å². The number of aliphatic hydroxyl groups is 1. The molecule has 1 N–H and O–H groups in total. The Morgan fingerprint density at radius 2 is 0.709 bits per heavy atom. The Kier molecular flexibility index (Phi) is 48.5. The van der Waals surface area contributed by atoms with Crippen LogP contribution in [-0.4, -0.2) is 37.0 Å². The fourth-order valence-corrected chi connectivity index (χ4v) is 7.80. The summed E-state index contributed by atoms with van der Waals surface area (Å²) < 4.78 is 11.2. The third kappa shape index (κ3) is 47.4. The van der Waals surface area contributed by atoms with E-state index in [0.717, 1.165) is 19.3 Å². The van der Waals surface area contributed by atoms with Crippen LogP contribution < -0.4 is 0 Å². The van der Waals surface area contributed by atoms with Crippen molar-refractivity contribution < 1.29 is 19.4 Å². The molecule has 0 saturated carbocycles. The van der Waals surface area contributed by atoms with E-state index in [1.807, 2.05) is 0 Å². The second-order valence-electron chi connectivity index (χ2n) is 17.2. The summed E-state index contributed by atoms with van der Waals surface area (Å²) in [7, 11) is 0. The molecule has 0 aliphatic rings. The zero-order valence-electron chi connectivity index (χ0n) is 37.7. The smallest absolute Gasteiger partial charge is 0.306 e. The zero-order chi connectivity index (χ0) is 39.8. The molecule has 0 bridgehead atoms. The van der Waals surface area contributed by atoms with Crippen molar-refractivity contribution in [3.8, 4) is 0 Å². The Morgan fingerprint density at radius 3 is 1.04 bits per heavy atom. The zero-order valence-corrected chi connectivity index (χ0v) is 37.7. The Bertz CT molecular complexity index is 736. The predicted molar refractivity (Wildman–Crippen MR) is 242 cm³/mol. The molecular weight excluding hydrogens is 677 g/mol. The van der Waals surface area contributed by atoms with Gasteiger partial charge in [-0.15, -0.1) is 0 Å². The van der Waals surface area contributed by atoms with Crippen LogP contribution in [0, 0.1) is 0 Å². The number of esters is 1. The summed E-state index contributed by atoms with van der Waals surface area (Å²) in [5.74, 6) is -0.193. The summed E-state index contributed by atoms with van der Waals surface area (Å²) in [5, 5.41) is 9.64. The van der Waals surface area contributed by atoms with Crippen molar-refractivity contribution >= 4 is 5.97 Å². The maximum Gasteiger partial charge on any atom is 0.306 e. The first-order valence-corrected chi connectivity index (χ1v) is 25.3. The second kappa shape index (κ2) is 49.3. The molecule has 1 unspecified atom stereocenters. The van der Waals surface area contributed by atoms with Crippen LogP contribution in [0.25, 0.3) is 0 Å². The topological polar surface area (TPSA) is 55.8 Å². The van der Waals surface area contributed by atoms with Crippen LogP contribution in [0.4, 0.5) is 0 Å². The first kappa shape index (κ1) is 54.1. The third-order valence-corrected chi connectivity index (χ3v) is 11.6. The first-order chi connectivity index (χ1) is 27.2. The highest BCUT2D eigenvalue weighted by atomic mass is 16.6. The summed E-state index contributed by atoms with van der Waals surface area (Å²) in [4.78, 5) is 12.3. The highest BCUT2D eigenvalue weighted by molar-refractivity contribution is 5.69. The van der Waals surface area contributed by atoms with Gasteiger partial charge < -0.3 is 14.6 Å². The quantitative estimate of drug-likeness (QED) is 0.0380. The van der Waals surface area contributed by atoms with Crippen molar-refractivity contribution in [2.24, 2.45) is 0 Å². The van der Waals surface area contributed by atoms with Crippen LogP contribution in [0.5, 0.6) is 0 Å². The van der Waals surface area contributed by atoms with Gasteiger partial charge in [0.25, 0.3) is 0 Å². The molecule has 0 aromatic rings. The lowest BCUT2D eigenvalue weighted by Gasteiger charge is -2.16. The monoisotopic (exact) mass is 777 g/mol. The Labute approximate surface area is 345 Å². The highest BCUT2D eigenvalue weighted by Crippen LogP contribution is 2.17. The predicted octanol–water partition coefficient (Wildman–Crippen LogP) is 16.9. The normalized spacial score (nSPS) is 12.3. The van der Waals surface area contributed by atoms with Gasteiger partial charge in [0.05, 0.1) is 13.2 Å². The summed E-state index contributed by atoms with van der Waals surface area (Å²) in [5.41, 5.74) is 0. The number of hydrogen-bond acceptors (Lipinski definition) is 4. The molecule has 1 atom stereocenters. The molecule has 4 heteroatoms. The summed E-state index contributed by atoms with van der Waals surface area (Å²) in [6.07, 6.45) is 60.2. The number of carbonyl (C=O) groups excluding carboxylic acids is 1. The van der Waals surface area contributed by atoms with E-state index in [1.165, 1.54) is 244 Å². The summed E-state index contributed by atoms with van der Waals surface area (Å²) in [6.45, 7) is 5.40. The molecule has 0 spiro atoms. The van der Waals surface area contributed by atoms with Crippen LogP contribution in [0.2, 0.25) is 0 Å². The lowest BCUT2D eigenvalue weighted by Crippen LogP contribution is -2.27. The molecular formula is C51H100O4. The van der Waals surface area contributed by atoms with Gasteiger partial charge in [0.15, 0.2) is 0 Å². The molecule has 0 heterocycles.